The Morgan fingerprint density at radius 1 is 1.10 bits per heavy atom. The van der Waals surface area contributed by atoms with E-state index in [9.17, 15) is 18.4 Å². The van der Waals surface area contributed by atoms with E-state index < -0.39 is 24.3 Å². The third kappa shape index (κ3) is 5.64. The smallest absolute Gasteiger partial charge is 0.388 e. The highest BCUT2D eigenvalue weighted by Gasteiger charge is 2.31. The fraction of sp³-hybridized carbons (Fsp3) is 0.208. The van der Waals surface area contributed by atoms with Gasteiger partial charge in [0, 0.05) is 29.1 Å². The Labute approximate surface area is 239 Å². The second kappa shape index (κ2) is 11.2. The van der Waals surface area contributed by atoms with Crippen LogP contribution < -0.4 is 14.8 Å². The van der Waals surface area contributed by atoms with Crippen LogP contribution in [0.5, 0.6) is 11.6 Å². The number of rotatable bonds is 7. The van der Waals surface area contributed by atoms with Crippen LogP contribution in [0, 0.1) is 6.92 Å². The zero-order valence-corrected chi connectivity index (χ0v) is 22.9. The summed E-state index contributed by atoms with van der Waals surface area (Å²) in [5.74, 6) is -1.08. The van der Waals surface area contributed by atoms with Crippen LogP contribution in [0.25, 0.3) is 11.1 Å². The molecule has 16 heteroatoms. The van der Waals surface area contributed by atoms with Crippen molar-refractivity contribution < 1.29 is 27.8 Å². The van der Waals surface area contributed by atoms with Gasteiger partial charge in [0.2, 0.25) is 5.88 Å². The molecule has 0 atom stereocenters. The number of aryl methyl sites for hydroxylation is 1. The van der Waals surface area contributed by atoms with Gasteiger partial charge in [0.05, 0.1) is 47.6 Å². The van der Waals surface area contributed by atoms with Gasteiger partial charge in [-0.25, -0.2) is 9.97 Å². The number of alkyl halides is 2. The minimum absolute atomic E-state index is 0.123. The first-order chi connectivity index (χ1) is 19.1. The van der Waals surface area contributed by atoms with Crippen molar-refractivity contribution in [3.8, 4) is 22.8 Å². The molecular formula is C24H17Cl2F2N7O4S. The number of halogens is 4. The lowest BCUT2D eigenvalue weighted by molar-refractivity contribution is -0.0534. The molecule has 0 saturated carbocycles. The maximum absolute atomic E-state index is 13.3. The molecule has 2 amide bonds. The molecule has 4 aromatic rings. The highest BCUT2D eigenvalue weighted by Crippen LogP contribution is 2.36. The zero-order chi connectivity index (χ0) is 28.6. The number of methoxy groups -OCH3 is 1. The van der Waals surface area contributed by atoms with Gasteiger partial charge in [-0.1, -0.05) is 34.5 Å². The number of nitrogens with zero attached hydrogens (tertiary/aromatic N) is 6. The molecule has 40 heavy (non-hydrogen) atoms. The fourth-order valence-electron chi connectivity index (χ4n) is 3.95. The summed E-state index contributed by atoms with van der Waals surface area (Å²) in [6, 6.07) is 4.34. The fourth-order valence-corrected chi connectivity index (χ4v) is 5.30. The SMILES string of the molecule is COc1cnc(Cl)cc1-c1cc(C)ncc1C(=O)Nc1nc2c(s1)CN(C(=O)c1nnc(OC(F)F)cc1Cl)C2. The quantitative estimate of drug-likeness (QED) is 0.287. The average Bonchev–Trinajstić information content (AvgIpc) is 3.47. The Morgan fingerprint density at radius 3 is 2.60 bits per heavy atom. The van der Waals surface area contributed by atoms with Crippen molar-refractivity contribution in [3.05, 3.63) is 68.3 Å². The minimum Gasteiger partial charge on any atom is -0.494 e. The number of ether oxygens (including phenoxy) is 2. The van der Waals surface area contributed by atoms with Gasteiger partial charge in [0.25, 0.3) is 11.8 Å². The third-order valence-corrected chi connectivity index (χ3v) is 7.22. The summed E-state index contributed by atoms with van der Waals surface area (Å²) >= 11 is 13.4. The van der Waals surface area contributed by atoms with E-state index in [2.05, 4.69) is 35.2 Å². The number of carbonyl (C=O) groups excluding carboxylic acids is 2. The third-order valence-electron chi connectivity index (χ3n) is 5.73. The van der Waals surface area contributed by atoms with E-state index in [0.29, 0.717) is 33.4 Å². The number of amides is 2. The molecule has 0 radical (unpaired) electrons. The maximum atomic E-state index is 13.3. The van der Waals surface area contributed by atoms with Crippen LogP contribution in [0.15, 0.2) is 30.6 Å². The molecule has 206 valence electrons. The van der Waals surface area contributed by atoms with Gasteiger partial charge in [-0.2, -0.15) is 8.78 Å². The molecular weight excluding hydrogens is 591 g/mol. The van der Waals surface area contributed by atoms with Crippen molar-refractivity contribution in [3.63, 3.8) is 0 Å². The largest absolute Gasteiger partial charge is 0.494 e. The lowest BCUT2D eigenvalue weighted by atomic mass is 10.0. The van der Waals surface area contributed by atoms with E-state index in [1.54, 1.807) is 19.1 Å². The van der Waals surface area contributed by atoms with Crippen LogP contribution in [0.1, 0.15) is 37.1 Å². The zero-order valence-electron chi connectivity index (χ0n) is 20.6. The molecule has 11 nitrogen and oxygen atoms in total. The van der Waals surface area contributed by atoms with E-state index in [1.807, 2.05) is 0 Å². The number of anilines is 1. The lowest BCUT2D eigenvalue weighted by Crippen LogP contribution is -2.27. The normalized spacial score (nSPS) is 12.4. The molecule has 0 aromatic carbocycles. The van der Waals surface area contributed by atoms with Crippen LogP contribution in [-0.4, -0.2) is 55.6 Å². The molecule has 5 heterocycles. The van der Waals surface area contributed by atoms with E-state index in [4.69, 9.17) is 27.9 Å². The topological polar surface area (TPSA) is 132 Å². The lowest BCUT2D eigenvalue weighted by Gasteiger charge is -2.15. The molecule has 1 aliphatic rings. The number of hydrogen-bond donors (Lipinski definition) is 1. The Hall–Kier alpha value is -4.01. The number of aromatic nitrogens is 5. The summed E-state index contributed by atoms with van der Waals surface area (Å²) in [6.45, 7) is -1.01. The molecule has 1 aliphatic heterocycles. The predicted molar refractivity (Wildman–Crippen MR) is 141 cm³/mol. The molecule has 5 rings (SSSR count). The van der Waals surface area contributed by atoms with Gasteiger partial charge < -0.3 is 14.4 Å². The second-order valence-corrected chi connectivity index (χ2v) is 10.2. The Morgan fingerprint density at radius 2 is 1.90 bits per heavy atom. The monoisotopic (exact) mass is 607 g/mol. The Kier molecular flexibility index (Phi) is 7.74. The van der Waals surface area contributed by atoms with Crippen LogP contribution in [0.4, 0.5) is 13.9 Å². The van der Waals surface area contributed by atoms with Crippen molar-refractivity contribution in [2.24, 2.45) is 0 Å². The Bertz CT molecular complexity index is 1620. The van der Waals surface area contributed by atoms with Crippen LogP contribution >= 0.6 is 34.5 Å². The molecule has 0 bridgehead atoms. The summed E-state index contributed by atoms with van der Waals surface area (Å²) < 4.78 is 34.3. The summed E-state index contributed by atoms with van der Waals surface area (Å²) in [5.41, 5.74) is 2.45. The molecule has 4 aromatic heterocycles. The first-order valence-corrected chi connectivity index (χ1v) is 12.9. The first kappa shape index (κ1) is 27.6. The number of pyridine rings is 2. The van der Waals surface area contributed by atoms with E-state index in [0.717, 1.165) is 10.9 Å². The van der Waals surface area contributed by atoms with Crippen LogP contribution in [0.2, 0.25) is 10.2 Å². The van der Waals surface area contributed by atoms with E-state index in [1.165, 1.54) is 35.7 Å². The van der Waals surface area contributed by atoms with Gasteiger partial charge in [0.15, 0.2) is 10.8 Å². The first-order valence-electron chi connectivity index (χ1n) is 11.4. The number of fused-ring (bicyclic) bond motifs is 1. The summed E-state index contributed by atoms with van der Waals surface area (Å²) in [5, 5.41) is 10.3. The average molecular weight is 608 g/mol. The van der Waals surface area contributed by atoms with Gasteiger partial charge >= 0.3 is 6.61 Å². The van der Waals surface area contributed by atoms with Crippen molar-refractivity contribution >= 4 is 51.5 Å². The Balaban J connectivity index is 1.32. The molecule has 0 unspecified atom stereocenters. The van der Waals surface area contributed by atoms with Crippen LogP contribution in [0.3, 0.4) is 0 Å². The second-order valence-electron chi connectivity index (χ2n) is 8.34. The number of carbonyl (C=O) groups is 2. The number of thiazole rings is 1. The molecule has 0 fully saturated rings. The number of hydrogen-bond acceptors (Lipinski definition) is 10. The molecule has 0 spiro atoms. The predicted octanol–water partition coefficient (Wildman–Crippen LogP) is 5.02. The van der Waals surface area contributed by atoms with Crippen molar-refractivity contribution in [2.45, 2.75) is 26.6 Å². The molecule has 1 N–H and O–H groups in total. The number of nitrogens with one attached hydrogen (secondary N) is 1. The van der Waals surface area contributed by atoms with Crippen molar-refractivity contribution in [2.75, 3.05) is 12.4 Å². The van der Waals surface area contributed by atoms with Gasteiger partial charge in [-0.05, 0) is 19.1 Å². The van der Waals surface area contributed by atoms with Gasteiger partial charge in [-0.3, -0.25) is 19.9 Å². The summed E-state index contributed by atoms with van der Waals surface area (Å²) in [7, 11) is 1.49. The molecule has 0 saturated heterocycles. The van der Waals surface area contributed by atoms with Crippen molar-refractivity contribution in [1.82, 2.24) is 30.0 Å². The maximum Gasteiger partial charge on any atom is 0.388 e. The summed E-state index contributed by atoms with van der Waals surface area (Å²) in [6.07, 6.45) is 2.93. The van der Waals surface area contributed by atoms with Gasteiger partial charge in [-0.15, -0.1) is 10.2 Å². The molecule has 0 aliphatic carbocycles. The van der Waals surface area contributed by atoms with E-state index in [-0.39, 0.29) is 34.5 Å². The van der Waals surface area contributed by atoms with Crippen molar-refractivity contribution in [1.29, 1.82) is 0 Å². The van der Waals surface area contributed by atoms with E-state index >= 15 is 0 Å². The summed E-state index contributed by atoms with van der Waals surface area (Å²) in [4.78, 5) is 41.1. The minimum atomic E-state index is -3.10. The highest BCUT2D eigenvalue weighted by atomic mass is 35.5. The standard InChI is InChI=1S/C24H17Cl2F2N7O4S/c1-10-3-11(12-4-18(26)30-7-16(12)38-2)13(6-29-10)21(36)32-24-31-15-8-35(9-17(15)40-24)22(37)20-14(25)5-19(33-34-20)39-23(27)28/h3-7,23H,8-9H2,1-2H3,(H,31,32,36). The highest BCUT2D eigenvalue weighted by molar-refractivity contribution is 7.16. The van der Waals surface area contributed by atoms with Crippen LogP contribution in [-0.2, 0) is 13.1 Å². The van der Waals surface area contributed by atoms with Gasteiger partial charge in [0.1, 0.15) is 10.9 Å².